The average Bonchev–Trinajstić information content (AvgIpc) is 2.52. The van der Waals surface area contributed by atoms with Crippen molar-refractivity contribution in [1.29, 1.82) is 0 Å². The Kier molecular flexibility index (Phi) is 5.94. The van der Waals surface area contributed by atoms with Crippen LogP contribution in [0.5, 0.6) is 0 Å². The molecule has 0 bridgehead atoms. The van der Waals surface area contributed by atoms with E-state index in [1.807, 2.05) is 19.1 Å². The fourth-order valence-corrected chi connectivity index (χ4v) is 2.59. The normalized spacial score (nSPS) is 23.3. The van der Waals surface area contributed by atoms with Crippen molar-refractivity contribution in [2.45, 2.75) is 44.9 Å². The topological polar surface area (TPSA) is 76.4 Å². The van der Waals surface area contributed by atoms with Gasteiger partial charge in [0.05, 0.1) is 12.7 Å². The van der Waals surface area contributed by atoms with Crippen molar-refractivity contribution < 1.29 is 9.53 Å². The Morgan fingerprint density at radius 2 is 2.00 bits per heavy atom. The zero-order chi connectivity index (χ0) is 16.1. The van der Waals surface area contributed by atoms with Crippen molar-refractivity contribution in [3.8, 4) is 0 Å². The van der Waals surface area contributed by atoms with E-state index in [4.69, 9.17) is 10.5 Å². The summed E-state index contributed by atoms with van der Waals surface area (Å²) in [6, 6.07) is 7.77. The summed E-state index contributed by atoms with van der Waals surface area (Å²) >= 11 is 0. The van der Waals surface area contributed by atoms with Crippen LogP contribution in [0.4, 0.5) is 0 Å². The maximum Gasteiger partial charge on any atom is 0.239 e. The first-order chi connectivity index (χ1) is 10.5. The van der Waals surface area contributed by atoms with Gasteiger partial charge >= 0.3 is 0 Å². The predicted octanol–water partition coefficient (Wildman–Crippen LogP) is 1.30. The first-order valence-corrected chi connectivity index (χ1v) is 7.97. The maximum absolute atomic E-state index is 12.2. The van der Waals surface area contributed by atoms with Crippen molar-refractivity contribution >= 4 is 5.91 Å². The smallest absolute Gasteiger partial charge is 0.239 e. The molecule has 0 aromatic heterocycles. The summed E-state index contributed by atoms with van der Waals surface area (Å²) in [5.74, 6) is 0.449. The standard InChI is InChI=1S/C17H27N3O2/c1-11(2)13-4-6-14(7-5-13)15(18)10-20-17(21)16-12(3)22-9-8-19-16/h4-7,11-12,15-16,19H,8-10,18H2,1-3H3,(H,20,21)/t12-,15?,16+/m1/s1. The second kappa shape index (κ2) is 7.72. The van der Waals surface area contributed by atoms with Crippen LogP contribution in [0.25, 0.3) is 0 Å². The highest BCUT2D eigenvalue weighted by atomic mass is 16.5. The highest BCUT2D eigenvalue weighted by Gasteiger charge is 2.28. The number of ether oxygens (including phenoxy) is 1. The molecule has 1 saturated heterocycles. The average molecular weight is 305 g/mol. The molecule has 0 aliphatic carbocycles. The Hall–Kier alpha value is -1.43. The van der Waals surface area contributed by atoms with Gasteiger partial charge in [-0.25, -0.2) is 0 Å². The van der Waals surface area contributed by atoms with E-state index in [0.29, 0.717) is 25.6 Å². The van der Waals surface area contributed by atoms with Crippen LogP contribution >= 0.6 is 0 Å². The van der Waals surface area contributed by atoms with Gasteiger partial charge in [-0.15, -0.1) is 0 Å². The molecule has 1 heterocycles. The maximum atomic E-state index is 12.2. The first-order valence-electron chi connectivity index (χ1n) is 7.97. The van der Waals surface area contributed by atoms with Crippen LogP contribution in [0.15, 0.2) is 24.3 Å². The summed E-state index contributed by atoms with van der Waals surface area (Å²) in [4.78, 5) is 12.2. The van der Waals surface area contributed by atoms with Crippen molar-refractivity contribution in [2.24, 2.45) is 5.73 Å². The lowest BCUT2D eigenvalue weighted by Gasteiger charge is -2.29. The Morgan fingerprint density at radius 1 is 1.36 bits per heavy atom. The van der Waals surface area contributed by atoms with Crippen molar-refractivity contribution in [1.82, 2.24) is 10.6 Å². The van der Waals surface area contributed by atoms with Gasteiger partial charge in [0, 0.05) is 19.1 Å². The largest absolute Gasteiger partial charge is 0.375 e. The van der Waals surface area contributed by atoms with Crippen LogP contribution in [-0.4, -0.2) is 37.7 Å². The van der Waals surface area contributed by atoms with Crippen molar-refractivity contribution in [3.05, 3.63) is 35.4 Å². The van der Waals surface area contributed by atoms with Crippen molar-refractivity contribution in [3.63, 3.8) is 0 Å². The summed E-state index contributed by atoms with van der Waals surface area (Å²) in [5, 5.41) is 6.09. The molecule has 4 N–H and O–H groups in total. The highest BCUT2D eigenvalue weighted by molar-refractivity contribution is 5.82. The van der Waals surface area contributed by atoms with Gasteiger partial charge in [0.25, 0.3) is 0 Å². The summed E-state index contributed by atoms with van der Waals surface area (Å²) in [5.41, 5.74) is 8.49. The molecule has 0 radical (unpaired) electrons. The third-order valence-electron chi connectivity index (χ3n) is 4.13. The van der Waals surface area contributed by atoms with Gasteiger partial charge in [-0.3, -0.25) is 4.79 Å². The fraction of sp³-hybridized carbons (Fsp3) is 0.588. The molecule has 5 heteroatoms. The van der Waals surface area contributed by atoms with E-state index in [0.717, 1.165) is 5.56 Å². The number of hydrogen-bond donors (Lipinski definition) is 3. The third-order valence-corrected chi connectivity index (χ3v) is 4.13. The number of hydrogen-bond acceptors (Lipinski definition) is 4. The minimum atomic E-state index is -0.302. The second-order valence-electron chi connectivity index (χ2n) is 6.18. The lowest BCUT2D eigenvalue weighted by atomic mass is 9.99. The third kappa shape index (κ3) is 4.29. The Morgan fingerprint density at radius 3 is 2.59 bits per heavy atom. The summed E-state index contributed by atoms with van der Waals surface area (Å²) in [6.07, 6.45) is -0.115. The number of nitrogens with one attached hydrogen (secondary N) is 2. The van der Waals surface area contributed by atoms with Crippen LogP contribution in [-0.2, 0) is 9.53 Å². The molecular weight excluding hydrogens is 278 g/mol. The van der Waals surface area contributed by atoms with Gasteiger partial charge in [-0.2, -0.15) is 0 Å². The lowest BCUT2D eigenvalue weighted by molar-refractivity contribution is -0.129. The molecule has 2 rings (SSSR count). The summed E-state index contributed by atoms with van der Waals surface area (Å²) in [6.45, 7) is 7.99. The lowest BCUT2D eigenvalue weighted by Crippen LogP contribution is -2.56. The zero-order valence-electron chi connectivity index (χ0n) is 13.6. The van der Waals surface area contributed by atoms with Crippen LogP contribution < -0.4 is 16.4 Å². The van der Waals surface area contributed by atoms with E-state index in [1.165, 1.54) is 5.56 Å². The van der Waals surface area contributed by atoms with Gasteiger partial charge in [0.15, 0.2) is 0 Å². The van der Waals surface area contributed by atoms with E-state index in [2.05, 4.69) is 36.6 Å². The molecule has 1 amide bonds. The molecule has 22 heavy (non-hydrogen) atoms. The molecule has 3 atom stereocenters. The number of rotatable bonds is 5. The van der Waals surface area contributed by atoms with Crippen LogP contribution in [0, 0.1) is 0 Å². The highest BCUT2D eigenvalue weighted by Crippen LogP contribution is 2.17. The molecule has 1 fully saturated rings. The van der Waals surface area contributed by atoms with E-state index in [9.17, 15) is 4.79 Å². The fourth-order valence-electron chi connectivity index (χ4n) is 2.59. The second-order valence-corrected chi connectivity index (χ2v) is 6.18. The quantitative estimate of drug-likeness (QED) is 0.766. The SMILES string of the molecule is CC(C)c1ccc(C(N)CNC(=O)[C@H]2NCCO[C@@H]2C)cc1. The van der Waals surface area contributed by atoms with Gasteiger partial charge < -0.3 is 21.1 Å². The Balaban J connectivity index is 1.86. The summed E-state index contributed by atoms with van der Waals surface area (Å²) < 4.78 is 5.48. The van der Waals surface area contributed by atoms with Gasteiger partial charge in [-0.05, 0) is 24.0 Å². The minimum absolute atomic E-state index is 0.0542. The van der Waals surface area contributed by atoms with E-state index in [1.54, 1.807) is 0 Å². The number of morpholine rings is 1. The molecule has 0 spiro atoms. The molecule has 122 valence electrons. The van der Waals surface area contributed by atoms with Crippen LogP contribution in [0.3, 0.4) is 0 Å². The van der Waals surface area contributed by atoms with Gasteiger partial charge in [-0.1, -0.05) is 38.1 Å². The predicted molar refractivity (Wildman–Crippen MR) is 87.7 cm³/mol. The number of amides is 1. The number of benzene rings is 1. The van der Waals surface area contributed by atoms with E-state index in [-0.39, 0.29) is 24.1 Å². The minimum Gasteiger partial charge on any atom is -0.375 e. The molecular formula is C17H27N3O2. The monoisotopic (exact) mass is 305 g/mol. The molecule has 5 nitrogen and oxygen atoms in total. The summed E-state index contributed by atoms with van der Waals surface area (Å²) in [7, 11) is 0. The van der Waals surface area contributed by atoms with Crippen LogP contribution in [0.1, 0.15) is 43.9 Å². The molecule has 1 aliphatic heterocycles. The molecule has 1 aromatic carbocycles. The molecule has 0 saturated carbocycles. The van der Waals surface area contributed by atoms with Crippen molar-refractivity contribution in [2.75, 3.05) is 19.7 Å². The van der Waals surface area contributed by atoms with Gasteiger partial charge in [0.2, 0.25) is 5.91 Å². The van der Waals surface area contributed by atoms with Gasteiger partial charge in [0.1, 0.15) is 6.04 Å². The first kappa shape index (κ1) is 16.9. The molecule has 1 aromatic rings. The Labute approximate surface area is 132 Å². The molecule has 1 aliphatic rings. The van der Waals surface area contributed by atoms with E-state index < -0.39 is 0 Å². The molecule has 1 unspecified atom stereocenters. The number of nitrogens with two attached hydrogens (primary N) is 1. The number of carbonyl (C=O) groups excluding carboxylic acids is 1. The Bertz CT molecular complexity index is 487. The van der Waals surface area contributed by atoms with E-state index >= 15 is 0 Å². The van der Waals surface area contributed by atoms with Crippen LogP contribution in [0.2, 0.25) is 0 Å². The number of carbonyl (C=O) groups is 1. The zero-order valence-corrected chi connectivity index (χ0v) is 13.6.